The highest BCUT2D eigenvalue weighted by Crippen LogP contribution is 2.42. The summed E-state index contributed by atoms with van der Waals surface area (Å²) in [5, 5.41) is 4.58. The average molecular weight is 734 g/mol. The van der Waals surface area contributed by atoms with Crippen molar-refractivity contribution in [1.82, 2.24) is 15.0 Å². The Morgan fingerprint density at radius 3 is 1.62 bits per heavy atom. The summed E-state index contributed by atoms with van der Waals surface area (Å²) in [6.45, 7) is 0. The molecule has 0 atom stereocenters. The summed E-state index contributed by atoms with van der Waals surface area (Å²) < 4.78 is 8.78. The van der Waals surface area contributed by atoms with Crippen LogP contribution in [0.25, 0.3) is 110 Å². The van der Waals surface area contributed by atoms with Crippen LogP contribution in [0.1, 0.15) is 0 Å². The molecule has 0 amide bonds. The van der Waals surface area contributed by atoms with Crippen molar-refractivity contribution in [3.8, 4) is 67.5 Å². The molecule has 0 radical (unpaired) electrons. The molecule has 56 heavy (non-hydrogen) atoms. The Morgan fingerprint density at radius 1 is 0.339 bits per heavy atom. The molecule has 8 aromatic carbocycles. The van der Waals surface area contributed by atoms with E-state index in [1.807, 2.05) is 72.0 Å². The van der Waals surface area contributed by atoms with Crippen LogP contribution in [-0.4, -0.2) is 15.0 Å². The first-order chi connectivity index (χ1) is 27.7. The summed E-state index contributed by atoms with van der Waals surface area (Å²) in [4.78, 5) is 15.2. The van der Waals surface area contributed by atoms with E-state index in [-0.39, 0.29) is 0 Å². The van der Waals surface area contributed by atoms with E-state index in [1.165, 1.54) is 48.0 Å². The van der Waals surface area contributed by atoms with Gasteiger partial charge in [0.05, 0.1) is 0 Å². The second kappa shape index (κ2) is 13.3. The molecule has 0 aliphatic rings. The zero-order valence-electron chi connectivity index (χ0n) is 30.1. The lowest BCUT2D eigenvalue weighted by molar-refractivity contribution is 0.669. The van der Waals surface area contributed by atoms with Gasteiger partial charge in [0.25, 0.3) is 0 Å². The second-order valence-corrected chi connectivity index (χ2v) is 15.0. The molecule has 11 rings (SSSR count). The average Bonchev–Trinajstić information content (AvgIpc) is 3.85. The fraction of sp³-hybridized carbons (Fsp3) is 0. The third-order valence-corrected chi connectivity index (χ3v) is 11.8. The quantitative estimate of drug-likeness (QED) is 0.171. The van der Waals surface area contributed by atoms with Crippen LogP contribution in [-0.2, 0) is 0 Å². The number of rotatable bonds is 6. The molecule has 4 nitrogen and oxygen atoms in total. The monoisotopic (exact) mass is 733 g/mol. The maximum absolute atomic E-state index is 6.22. The van der Waals surface area contributed by atoms with Gasteiger partial charge in [0.1, 0.15) is 11.2 Å². The van der Waals surface area contributed by atoms with Gasteiger partial charge in [-0.25, -0.2) is 15.0 Å². The van der Waals surface area contributed by atoms with Crippen LogP contribution >= 0.6 is 11.3 Å². The molecular weight excluding hydrogens is 703 g/mol. The largest absolute Gasteiger partial charge is 0.456 e. The summed E-state index contributed by atoms with van der Waals surface area (Å²) >= 11 is 1.85. The molecule has 3 aromatic heterocycles. The standard InChI is InChI=1S/C51H31N3OS/c1-3-11-32(12-4-1)33-21-23-34(24-22-33)38-29-30-46-43(31-38)40-17-9-16-39(48(40)56-46)35-25-27-37(28-26-35)50-52-49(36-13-5-2-6-14-36)53-51(54-50)42-18-10-20-45-47(42)41-15-7-8-19-44(41)55-45/h1-31H. The van der Waals surface area contributed by atoms with Crippen molar-refractivity contribution in [3.63, 3.8) is 0 Å². The summed E-state index contributed by atoms with van der Waals surface area (Å²) in [5.74, 6) is 1.85. The van der Waals surface area contributed by atoms with Crippen LogP contribution in [0.3, 0.4) is 0 Å². The predicted octanol–water partition coefficient (Wildman–Crippen LogP) is 14.1. The van der Waals surface area contributed by atoms with E-state index < -0.39 is 0 Å². The van der Waals surface area contributed by atoms with Crippen LogP contribution < -0.4 is 0 Å². The summed E-state index contributed by atoms with van der Waals surface area (Å²) in [5.41, 5.74) is 11.7. The molecule has 0 N–H and O–H groups in total. The van der Waals surface area contributed by atoms with Crippen LogP contribution in [0.5, 0.6) is 0 Å². The van der Waals surface area contributed by atoms with Gasteiger partial charge in [0.15, 0.2) is 17.5 Å². The van der Waals surface area contributed by atoms with Gasteiger partial charge in [-0.1, -0.05) is 164 Å². The van der Waals surface area contributed by atoms with Gasteiger partial charge in [-0.15, -0.1) is 11.3 Å². The van der Waals surface area contributed by atoms with E-state index in [4.69, 9.17) is 19.4 Å². The molecule has 0 spiro atoms. The lowest BCUT2D eigenvalue weighted by Crippen LogP contribution is -2.00. The van der Waals surface area contributed by atoms with Gasteiger partial charge in [-0.2, -0.15) is 0 Å². The number of aromatic nitrogens is 3. The van der Waals surface area contributed by atoms with Crippen molar-refractivity contribution in [2.24, 2.45) is 0 Å². The van der Waals surface area contributed by atoms with Crippen LogP contribution in [0.4, 0.5) is 0 Å². The predicted molar refractivity (Wildman–Crippen MR) is 233 cm³/mol. The molecular formula is C51H31N3OS. The van der Waals surface area contributed by atoms with Gasteiger partial charge in [-0.05, 0) is 57.6 Å². The maximum Gasteiger partial charge on any atom is 0.164 e. The molecule has 5 heteroatoms. The Hall–Kier alpha value is -7.21. The molecule has 0 bridgehead atoms. The Bertz CT molecular complexity index is 3220. The fourth-order valence-electron chi connectivity index (χ4n) is 7.79. The van der Waals surface area contributed by atoms with Crippen molar-refractivity contribution in [2.45, 2.75) is 0 Å². The van der Waals surface area contributed by atoms with Crippen molar-refractivity contribution in [1.29, 1.82) is 0 Å². The lowest BCUT2D eigenvalue weighted by Gasteiger charge is -2.10. The van der Waals surface area contributed by atoms with E-state index in [9.17, 15) is 0 Å². The van der Waals surface area contributed by atoms with E-state index in [1.54, 1.807) is 0 Å². The van der Waals surface area contributed by atoms with Gasteiger partial charge in [0, 0.05) is 47.6 Å². The molecule has 0 aliphatic carbocycles. The van der Waals surface area contributed by atoms with E-state index in [2.05, 4.69) is 127 Å². The van der Waals surface area contributed by atoms with Gasteiger partial charge in [0.2, 0.25) is 0 Å². The summed E-state index contributed by atoms with van der Waals surface area (Å²) in [7, 11) is 0. The molecule has 0 saturated carbocycles. The Morgan fingerprint density at radius 2 is 0.857 bits per heavy atom. The maximum atomic E-state index is 6.22. The normalized spacial score (nSPS) is 11.6. The highest BCUT2D eigenvalue weighted by Gasteiger charge is 2.18. The summed E-state index contributed by atoms with van der Waals surface area (Å²) in [6.07, 6.45) is 0. The Balaban J connectivity index is 0.973. The van der Waals surface area contributed by atoms with Gasteiger partial charge < -0.3 is 4.42 Å². The van der Waals surface area contributed by atoms with Crippen molar-refractivity contribution >= 4 is 53.4 Å². The highest BCUT2D eigenvalue weighted by atomic mass is 32.1. The minimum atomic E-state index is 0.608. The molecule has 11 aromatic rings. The first kappa shape index (κ1) is 32.2. The second-order valence-electron chi connectivity index (χ2n) is 14.0. The number of para-hydroxylation sites is 1. The minimum Gasteiger partial charge on any atom is -0.456 e. The zero-order valence-corrected chi connectivity index (χ0v) is 30.9. The van der Waals surface area contributed by atoms with Gasteiger partial charge >= 0.3 is 0 Å². The number of hydrogen-bond donors (Lipinski definition) is 0. The first-order valence-electron chi connectivity index (χ1n) is 18.7. The molecule has 0 unspecified atom stereocenters. The van der Waals surface area contributed by atoms with Crippen molar-refractivity contribution in [3.05, 3.63) is 188 Å². The van der Waals surface area contributed by atoms with Crippen molar-refractivity contribution < 1.29 is 4.42 Å². The summed E-state index contributed by atoms with van der Waals surface area (Å²) in [6, 6.07) is 65.8. The van der Waals surface area contributed by atoms with E-state index in [0.29, 0.717) is 17.5 Å². The van der Waals surface area contributed by atoms with Gasteiger partial charge in [-0.3, -0.25) is 0 Å². The van der Waals surface area contributed by atoms with E-state index in [0.717, 1.165) is 44.2 Å². The molecule has 0 saturated heterocycles. The number of benzene rings is 8. The molecule has 0 fully saturated rings. The number of hydrogen-bond acceptors (Lipinski definition) is 5. The smallest absolute Gasteiger partial charge is 0.164 e. The number of nitrogens with zero attached hydrogens (tertiary/aromatic N) is 3. The zero-order chi connectivity index (χ0) is 37.0. The Labute approximate surface area is 327 Å². The Kier molecular flexibility index (Phi) is 7.64. The van der Waals surface area contributed by atoms with Crippen LogP contribution in [0.2, 0.25) is 0 Å². The topological polar surface area (TPSA) is 51.8 Å². The van der Waals surface area contributed by atoms with Crippen LogP contribution in [0, 0.1) is 0 Å². The molecule has 3 heterocycles. The number of furan rings is 1. The fourth-order valence-corrected chi connectivity index (χ4v) is 9.01. The van der Waals surface area contributed by atoms with Crippen LogP contribution in [0.15, 0.2) is 192 Å². The number of fused-ring (bicyclic) bond motifs is 6. The van der Waals surface area contributed by atoms with Crippen molar-refractivity contribution in [2.75, 3.05) is 0 Å². The molecule has 0 aliphatic heterocycles. The third kappa shape index (κ3) is 5.56. The van der Waals surface area contributed by atoms with E-state index >= 15 is 0 Å². The third-order valence-electron chi connectivity index (χ3n) is 10.6. The molecule has 262 valence electrons. The SMILES string of the molecule is c1ccc(-c2ccc(-c3ccc4sc5c(-c6ccc(-c7nc(-c8ccccc8)nc(-c8cccc9oc%10ccccc%10c89)n7)cc6)cccc5c4c3)cc2)cc1. The first-order valence-corrected chi connectivity index (χ1v) is 19.5. The number of thiophene rings is 1. The highest BCUT2D eigenvalue weighted by molar-refractivity contribution is 7.26. The minimum absolute atomic E-state index is 0.608. The lowest BCUT2D eigenvalue weighted by atomic mass is 9.98.